The molecule has 0 rings (SSSR count). The van der Waals surface area contributed by atoms with Crippen LogP contribution in [0.4, 0.5) is 0 Å². The van der Waals surface area contributed by atoms with Gasteiger partial charge in [-0.2, -0.15) is 0 Å². The van der Waals surface area contributed by atoms with Gasteiger partial charge in [0.15, 0.2) is 0 Å². The van der Waals surface area contributed by atoms with Crippen molar-refractivity contribution in [1.29, 1.82) is 0 Å². The summed E-state index contributed by atoms with van der Waals surface area (Å²) in [6.07, 6.45) is 5.20. The molecule has 0 N–H and O–H groups in total. The molecule has 0 bridgehead atoms. The zero-order valence-electron chi connectivity index (χ0n) is 6.65. The van der Waals surface area contributed by atoms with Gasteiger partial charge in [0, 0.05) is 0 Å². The van der Waals surface area contributed by atoms with Crippen LogP contribution in [0.25, 0.3) is 0 Å². The summed E-state index contributed by atoms with van der Waals surface area (Å²) < 4.78 is 0. The molecule has 0 aliphatic heterocycles. The van der Waals surface area contributed by atoms with Crippen LogP contribution in [0.15, 0.2) is 24.3 Å². The van der Waals surface area contributed by atoms with E-state index in [1.807, 2.05) is 6.08 Å². The molecule has 0 aromatic carbocycles. The molecule has 9 heavy (non-hydrogen) atoms. The molecule has 0 heterocycles. The molecule has 0 aliphatic carbocycles. The fourth-order valence-electron chi connectivity index (χ4n) is 0.790. The normalized spacial score (nSPS) is 12.2. The van der Waals surface area contributed by atoms with Crippen LogP contribution in [0.2, 0.25) is 0 Å². The minimum Gasteiger partial charge on any atom is -0.0988 e. The monoisotopic (exact) mass is 124 g/mol. The highest BCUT2D eigenvalue weighted by Gasteiger charge is 1.93. The summed E-state index contributed by atoms with van der Waals surface area (Å²) in [4.78, 5) is 0. The summed E-state index contributed by atoms with van der Waals surface area (Å²) in [6.45, 7) is 10.2. The van der Waals surface area contributed by atoms with Gasteiger partial charge >= 0.3 is 0 Å². The van der Waals surface area contributed by atoms with Crippen molar-refractivity contribution in [1.82, 2.24) is 0 Å². The van der Waals surface area contributed by atoms with Gasteiger partial charge in [0.1, 0.15) is 0 Å². The lowest BCUT2D eigenvalue weighted by molar-refractivity contribution is 0.649. The summed E-state index contributed by atoms with van der Waals surface area (Å²) >= 11 is 0. The van der Waals surface area contributed by atoms with Gasteiger partial charge in [0.2, 0.25) is 0 Å². The number of hydrogen-bond donors (Lipinski definition) is 0. The zero-order chi connectivity index (χ0) is 7.28. The third-order valence-electron chi connectivity index (χ3n) is 1.28. The Hall–Kier alpha value is -0.520. The fourth-order valence-corrected chi connectivity index (χ4v) is 0.790. The van der Waals surface area contributed by atoms with E-state index in [4.69, 9.17) is 0 Å². The van der Waals surface area contributed by atoms with E-state index in [-0.39, 0.29) is 0 Å². The second kappa shape index (κ2) is 4.37. The lowest BCUT2D eigenvalue weighted by atomic mass is 10.0. The third kappa shape index (κ3) is 4.01. The van der Waals surface area contributed by atoms with Gasteiger partial charge in [-0.3, -0.25) is 0 Å². The Morgan fingerprint density at radius 2 is 2.11 bits per heavy atom. The maximum absolute atomic E-state index is 3.72. The van der Waals surface area contributed by atoms with Crippen molar-refractivity contribution >= 4 is 0 Å². The minimum absolute atomic E-state index is 0.745. The average molecular weight is 124 g/mol. The van der Waals surface area contributed by atoms with Gasteiger partial charge < -0.3 is 0 Å². The highest BCUT2D eigenvalue weighted by atomic mass is 14.0. The molecule has 0 nitrogen and oxygen atoms in total. The van der Waals surface area contributed by atoms with Crippen LogP contribution in [0.3, 0.4) is 0 Å². The van der Waals surface area contributed by atoms with Crippen LogP contribution in [0.1, 0.15) is 27.2 Å². The second-order valence-electron chi connectivity index (χ2n) is 2.67. The third-order valence-corrected chi connectivity index (χ3v) is 1.28. The largest absolute Gasteiger partial charge is 0.0988 e. The molecular formula is C9H16. The first kappa shape index (κ1) is 8.48. The Balaban J connectivity index is 3.71. The Kier molecular flexibility index (Phi) is 4.12. The van der Waals surface area contributed by atoms with Gasteiger partial charge in [-0.25, -0.2) is 0 Å². The SMILES string of the molecule is C=CC(=CC)CC(C)C. The zero-order valence-corrected chi connectivity index (χ0v) is 6.65. The van der Waals surface area contributed by atoms with Gasteiger partial charge in [-0.05, 0) is 19.3 Å². The molecule has 0 atom stereocenters. The van der Waals surface area contributed by atoms with Gasteiger partial charge in [0.05, 0.1) is 0 Å². The van der Waals surface area contributed by atoms with Gasteiger partial charge in [0.25, 0.3) is 0 Å². The van der Waals surface area contributed by atoms with Crippen LogP contribution < -0.4 is 0 Å². The maximum atomic E-state index is 3.72. The highest BCUT2D eigenvalue weighted by Crippen LogP contribution is 2.10. The van der Waals surface area contributed by atoms with Crippen molar-refractivity contribution in [3.05, 3.63) is 24.3 Å². The van der Waals surface area contributed by atoms with Crippen LogP contribution in [0, 0.1) is 5.92 Å². The number of allylic oxidation sites excluding steroid dienone is 3. The van der Waals surface area contributed by atoms with Crippen molar-refractivity contribution in [2.75, 3.05) is 0 Å². The van der Waals surface area contributed by atoms with E-state index in [1.165, 1.54) is 5.57 Å². The molecule has 0 spiro atoms. The predicted octanol–water partition coefficient (Wildman–Crippen LogP) is 3.16. The summed E-state index contributed by atoms with van der Waals surface area (Å²) in [5.41, 5.74) is 1.35. The molecule has 0 saturated heterocycles. The smallest absolute Gasteiger partial charge is 0.0259 e. The summed E-state index contributed by atoms with van der Waals surface area (Å²) in [6, 6.07) is 0. The quantitative estimate of drug-likeness (QED) is 0.507. The molecule has 0 aliphatic rings. The molecule has 0 fully saturated rings. The second-order valence-corrected chi connectivity index (χ2v) is 2.67. The molecular weight excluding hydrogens is 108 g/mol. The summed E-state index contributed by atoms with van der Waals surface area (Å²) in [5, 5.41) is 0. The van der Waals surface area contributed by atoms with Crippen molar-refractivity contribution in [3.8, 4) is 0 Å². The first-order valence-corrected chi connectivity index (χ1v) is 3.48. The molecule has 0 radical (unpaired) electrons. The predicted molar refractivity (Wildman–Crippen MR) is 43.4 cm³/mol. The first-order chi connectivity index (χ1) is 4.20. The van der Waals surface area contributed by atoms with Crippen molar-refractivity contribution in [2.24, 2.45) is 5.92 Å². The molecule has 0 aromatic heterocycles. The number of rotatable bonds is 3. The van der Waals surface area contributed by atoms with E-state index in [0.717, 1.165) is 12.3 Å². The van der Waals surface area contributed by atoms with Crippen molar-refractivity contribution in [2.45, 2.75) is 27.2 Å². The molecule has 0 heteroatoms. The van der Waals surface area contributed by atoms with E-state index in [9.17, 15) is 0 Å². The van der Waals surface area contributed by atoms with Crippen LogP contribution >= 0.6 is 0 Å². The topological polar surface area (TPSA) is 0 Å². The van der Waals surface area contributed by atoms with Gasteiger partial charge in [-0.15, -0.1) is 0 Å². The van der Waals surface area contributed by atoms with E-state index in [1.54, 1.807) is 0 Å². The van der Waals surface area contributed by atoms with Crippen molar-refractivity contribution in [3.63, 3.8) is 0 Å². The van der Waals surface area contributed by atoms with E-state index >= 15 is 0 Å². The Morgan fingerprint density at radius 1 is 1.56 bits per heavy atom. The Morgan fingerprint density at radius 3 is 2.22 bits per heavy atom. The molecule has 0 saturated carbocycles. The highest BCUT2D eigenvalue weighted by molar-refractivity contribution is 5.14. The summed E-state index contributed by atoms with van der Waals surface area (Å²) in [5.74, 6) is 0.745. The number of hydrogen-bond acceptors (Lipinski definition) is 0. The Labute approximate surface area is 58.3 Å². The molecule has 0 aromatic rings. The van der Waals surface area contributed by atoms with Crippen LogP contribution in [-0.2, 0) is 0 Å². The molecule has 0 amide bonds. The lowest BCUT2D eigenvalue weighted by Gasteiger charge is -2.03. The molecule has 52 valence electrons. The van der Waals surface area contributed by atoms with Crippen molar-refractivity contribution < 1.29 is 0 Å². The standard InChI is InChI=1S/C9H16/c1-5-9(6-2)7-8(3)4/h5-6,8H,1,7H2,2-4H3. The fraction of sp³-hybridized carbons (Fsp3) is 0.556. The van der Waals surface area contributed by atoms with E-state index in [0.29, 0.717) is 0 Å². The summed E-state index contributed by atoms with van der Waals surface area (Å²) in [7, 11) is 0. The first-order valence-electron chi connectivity index (χ1n) is 3.48. The molecule has 0 unspecified atom stereocenters. The Bertz CT molecular complexity index is 107. The van der Waals surface area contributed by atoms with E-state index in [2.05, 4.69) is 33.4 Å². The van der Waals surface area contributed by atoms with Crippen LogP contribution in [-0.4, -0.2) is 0 Å². The van der Waals surface area contributed by atoms with E-state index < -0.39 is 0 Å². The average Bonchev–Trinajstić information content (AvgIpc) is 1.82. The lowest BCUT2D eigenvalue weighted by Crippen LogP contribution is -1.87. The van der Waals surface area contributed by atoms with Crippen LogP contribution in [0.5, 0.6) is 0 Å². The maximum Gasteiger partial charge on any atom is -0.0259 e. The minimum atomic E-state index is 0.745. The van der Waals surface area contributed by atoms with Gasteiger partial charge in [-0.1, -0.05) is 38.2 Å².